The van der Waals surface area contributed by atoms with Crippen LogP contribution in [0.4, 0.5) is 0 Å². The minimum Gasteiger partial charge on any atom is -0.381 e. The van der Waals surface area contributed by atoms with Crippen LogP contribution in [-0.2, 0) is 11.2 Å². The molecule has 6 heteroatoms. The molecule has 166 valence electrons. The van der Waals surface area contributed by atoms with Crippen LogP contribution in [0.25, 0.3) is 0 Å². The fourth-order valence-corrected chi connectivity index (χ4v) is 3.46. The Hall–Kier alpha value is -0.860. The summed E-state index contributed by atoms with van der Waals surface area (Å²) in [5.41, 5.74) is 1.43. The van der Waals surface area contributed by atoms with Gasteiger partial charge in [0, 0.05) is 45.9 Å². The molecule has 0 aliphatic carbocycles. The van der Waals surface area contributed by atoms with Gasteiger partial charge in [-0.25, -0.2) is 0 Å². The lowest BCUT2D eigenvalue weighted by Gasteiger charge is -2.16. The Morgan fingerprint density at radius 1 is 1.24 bits per heavy atom. The Bertz CT molecular complexity index is 553. The summed E-state index contributed by atoms with van der Waals surface area (Å²) in [4.78, 5) is 7.40. The third kappa shape index (κ3) is 11.8. The van der Waals surface area contributed by atoms with E-state index in [0.717, 1.165) is 58.2 Å². The summed E-state index contributed by atoms with van der Waals surface area (Å²) in [6, 6.07) is 10.8. The summed E-state index contributed by atoms with van der Waals surface area (Å²) < 4.78 is 5.64. The summed E-state index contributed by atoms with van der Waals surface area (Å²) in [5, 5.41) is 6.79. The zero-order valence-corrected chi connectivity index (χ0v) is 20.9. The van der Waals surface area contributed by atoms with Gasteiger partial charge >= 0.3 is 0 Å². The fraction of sp³-hybridized carbons (Fsp3) is 0.696. The van der Waals surface area contributed by atoms with Crippen molar-refractivity contribution in [3.63, 3.8) is 0 Å². The van der Waals surface area contributed by atoms with Gasteiger partial charge in [-0.05, 0) is 50.1 Å². The number of guanidine groups is 1. The lowest BCUT2D eigenvalue weighted by atomic mass is 10.1. The van der Waals surface area contributed by atoms with Crippen molar-refractivity contribution in [2.75, 3.05) is 52.5 Å². The standard InChI is InChI=1S/C23H40N4O.HI/c1-4-24-23(25-13-8-16-28-19-20(2)3)26-17-22-12-15-27(18-22)14-11-21-9-6-5-7-10-21;/h5-7,9-10,20,22H,4,8,11-19H2,1-3H3,(H2,24,25,26);1H. The number of likely N-dealkylation sites (tertiary alicyclic amines) is 1. The molecule has 1 unspecified atom stereocenters. The number of ether oxygens (including phenoxy) is 1. The highest BCUT2D eigenvalue weighted by molar-refractivity contribution is 14.0. The summed E-state index contributed by atoms with van der Waals surface area (Å²) in [6.45, 7) is 14.3. The van der Waals surface area contributed by atoms with Crippen molar-refractivity contribution >= 4 is 29.9 Å². The van der Waals surface area contributed by atoms with E-state index in [2.05, 4.69) is 66.6 Å². The van der Waals surface area contributed by atoms with Crippen LogP contribution in [-0.4, -0.2) is 63.3 Å². The van der Waals surface area contributed by atoms with E-state index in [4.69, 9.17) is 9.73 Å². The van der Waals surface area contributed by atoms with Crippen LogP contribution in [0.1, 0.15) is 39.2 Å². The molecular weight excluding hydrogens is 475 g/mol. The van der Waals surface area contributed by atoms with Crippen molar-refractivity contribution in [1.82, 2.24) is 15.5 Å². The van der Waals surface area contributed by atoms with Crippen LogP contribution < -0.4 is 10.6 Å². The molecule has 1 aliphatic heterocycles. The number of rotatable bonds is 12. The first-order chi connectivity index (χ1) is 13.7. The Balaban J connectivity index is 0.00000420. The van der Waals surface area contributed by atoms with Gasteiger partial charge in [0.2, 0.25) is 0 Å². The van der Waals surface area contributed by atoms with E-state index in [0.29, 0.717) is 11.8 Å². The first-order valence-electron chi connectivity index (χ1n) is 11.0. The van der Waals surface area contributed by atoms with E-state index in [-0.39, 0.29) is 24.0 Å². The van der Waals surface area contributed by atoms with Gasteiger partial charge in [0.25, 0.3) is 0 Å². The molecule has 0 aromatic heterocycles. The number of hydrogen-bond donors (Lipinski definition) is 2. The predicted octanol–water partition coefficient (Wildman–Crippen LogP) is 3.79. The van der Waals surface area contributed by atoms with E-state index >= 15 is 0 Å². The molecule has 0 saturated carbocycles. The van der Waals surface area contributed by atoms with Gasteiger partial charge in [0.05, 0.1) is 0 Å². The Morgan fingerprint density at radius 3 is 2.76 bits per heavy atom. The minimum absolute atomic E-state index is 0. The van der Waals surface area contributed by atoms with Crippen LogP contribution in [0.3, 0.4) is 0 Å². The van der Waals surface area contributed by atoms with Crippen molar-refractivity contribution in [1.29, 1.82) is 0 Å². The molecule has 2 rings (SSSR count). The SMILES string of the molecule is CCNC(=NCC1CCN(CCc2ccccc2)C1)NCCCOCC(C)C.I. The number of halogens is 1. The first kappa shape index (κ1) is 26.2. The summed E-state index contributed by atoms with van der Waals surface area (Å²) >= 11 is 0. The summed E-state index contributed by atoms with van der Waals surface area (Å²) in [5.74, 6) is 2.21. The van der Waals surface area contributed by atoms with Crippen LogP contribution in [0.15, 0.2) is 35.3 Å². The average Bonchev–Trinajstić information content (AvgIpc) is 3.15. The Labute approximate surface area is 195 Å². The second-order valence-corrected chi connectivity index (χ2v) is 8.16. The van der Waals surface area contributed by atoms with Crippen LogP contribution in [0, 0.1) is 11.8 Å². The maximum Gasteiger partial charge on any atom is 0.191 e. The third-order valence-corrected chi connectivity index (χ3v) is 4.99. The van der Waals surface area contributed by atoms with Gasteiger partial charge in [0.1, 0.15) is 0 Å². The molecule has 29 heavy (non-hydrogen) atoms. The van der Waals surface area contributed by atoms with Gasteiger partial charge in [-0.1, -0.05) is 44.2 Å². The molecule has 1 atom stereocenters. The Morgan fingerprint density at radius 2 is 2.03 bits per heavy atom. The highest BCUT2D eigenvalue weighted by Crippen LogP contribution is 2.17. The van der Waals surface area contributed by atoms with Crippen molar-refractivity contribution in [2.45, 2.75) is 40.0 Å². The van der Waals surface area contributed by atoms with Gasteiger partial charge < -0.3 is 20.3 Å². The van der Waals surface area contributed by atoms with Gasteiger partial charge in [-0.15, -0.1) is 24.0 Å². The molecule has 2 N–H and O–H groups in total. The van der Waals surface area contributed by atoms with Crippen LogP contribution in [0.5, 0.6) is 0 Å². The van der Waals surface area contributed by atoms with E-state index in [1.54, 1.807) is 0 Å². The van der Waals surface area contributed by atoms with E-state index in [1.807, 2.05) is 0 Å². The lowest BCUT2D eigenvalue weighted by molar-refractivity contribution is 0.108. The van der Waals surface area contributed by atoms with Gasteiger partial charge in [-0.3, -0.25) is 4.99 Å². The first-order valence-corrected chi connectivity index (χ1v) is 11.0. The van der Waals surface area contributed by atoms with Crippen molar-refractivity contribution in [3.8, 4) is 0 Å². The van der Waals surface area contributed by atoms with Crippen LogP contribution >= 0.6 is 24.0 Å². The van der Waals surface area contributed by atoms with Gasteiger partial charge in [-0.2, -0.15) is 0 Å². The fourth-order valence-electron chi connectivity index (χ4n) is 3.46. The molecule has 0 radical (unpaired) electrons. The van der Waals surface area contributed by atoms with E-state index < -0.39 is 0 Å². The van der Waals surface area contributed by atoms with Crippen molar-refractivity contribution in [3.05, 3.63) is 35.9 Å². The highest BCUT2D eigenvalue weighted by Gasteiger charge is 2.21. The number of nitrogens with zero attached hydrogens (tertiary/aromatic N) is 2. The largest absolute Gasteiger partial charge is 0.381 e. The lowest BCUT2D eigenvalue weighted by Crippen LogP contribution is -2.38. The second kappa shape index (κ2) is 15.9. The molecule has 1 heterocycles. The number of aliphatic imine (C=N–C) groups is 1. The molecular formula is C23H41IN4O. The molecule has 1 saturated heterocycles. The molecule has 0 bridgehead atoms. The molecule has 5 nitrogen and oxygen atoms in total. The average molecular weight is 517 g/mol. The minimum atomic E-state index is 0. The molecule has 1 aromatic rings. The normalized spacial score (nSPS) is 17.4. The van der Waals surface area contributed by atoms with Crippen molar-refractivity contribution < 1.29 is 4.74 Å². The zero-order valence-electron chi connectivity index (χ0n) is 18.5. The predicted molar refractivity (Wildman–Crippen MR) is 134 cm³/mol. The van der Waals surface area contributed by atoms with Crippen molar-refractivity contribution in [2.24, 2.45) is 16.8 Å². The zero-order chi connectivity index (χ0) is 20.0. The maximum atomic E-state index is 5.64. The molecule has 1 fully saturated rings. The highest BCUT2D eigenvalue weighted by atomic mass is 127. The number of hydrogen-bond acceptors (Lipinski definition) is 3. The quantitative estimate of drug-likeness (QED) is 0.192. The third-order valence-electron chi connectivity index (χ3n) is 4.99. The van der Waals surface area contributed by atoms with Gasteiger partial charge in [0.15, 0.2) is 5.96 Å². The molecule has 1 aromatic carbocycles. The number of benzene rings is 1. The molecule has 1 aliphatic rings. The Kier molecular flexibility index (Phi) is 14.4. The topological polar surface area (TPSA) is 48.9 Å². The number of nitrogens with one attached hydrogen (secondary N) is 2. The summed E-state index contributed by atoms with van der Waals surface area (Å²) in [6.07, 6.45) is 3.40. The van der Waals surface area contributed by atoms with Crippen LogP contribution in [0.2, 0.25) is 0 Å². The molecule has 0 amide bonds. The maximum absolute atomic E-state index is 5.64. The molecule has 0 spiro atoms. The monoisotopic (exact) mass is 516 g/mol. The smallest absolute Gasteiger partial charge is 0.191 e. The van der Waals surface area contributed by atoms with E-state index in [1.165, 1.54) is 25.1 Å². The van der Waals surface area contributed by atoms with E-state index in [9.17, 15) is 0 Å². The second-order valence-electron chi connectivity index (χ2n) is 8.16. The summed E-state index contributed by atoms with van der Waals surface area (Å²) in [7, 11) is 0.